The second-order valence-electron chi connectivity index (χ2n) is 6.45. The summed E-state index contributed by atoms with van der Waals surface area (Å²) in [7, 11) is 0. The third-order valence-electron chi connectivity index (χ3n) is 4.14. The summed E-state index contributed by atoms with van der Waals surface area (Å²) in [6.45, 7) is 7.58. The third kappa shape index (κ3) is 4.46. The zero-order valence-electron chi connectivity index (χ0n) is 14.5. The number of hydrogen-bond donors (Lipinski definition) is 0. The van der Waals surface area contributed by atoms with Crippen LogP contribution in [0.5, 0.6) is 5.75 Å². The zero-order chi connectivity index (χ0) is 17.7. The summed E-state index contributed by atoms with van der Waals surface area (Å²) in [4.78, 5) is 28.2. The van der Waals surface area contributed by atoms with Crippen molar-refractivity contribution in [3.8, 4) is 5.75 Å². The molecule has 0 aliphatic carbocycles. The molecule has 1 saturated heterocycles. The zero-order valence-corrected chi connectivity index (χ0v) is 14.5. The Bertz CT molecular complexity index is 586. The van der Waals surface area contributed by atoms with Gasteiger partial charge >= 0.3 is 0 Å². The van der Waals surface area contributed by atoms with E-state index in [0.29, 0.717) is 38.3 Å². The van der Waals surface area contributed by atoms with Crippen LogP contribution in [0.4, 0.5) is 4.39 Å². The van der Waals surface area contributed by atoms with Gasteiger partial charge < -0.3 is 14.5 Å². The molecule has 0 N–H and O–H groups in total. The van der Waals surface area contributed by atoms with E-state index >= 15 is 0 Å². The van der Waals surface area contributed by atoms with Crippen LogP contribution in [0.15, 0.2) is 24.3 Å². The number of ether oxygens (including phenoxy) is 1. The van der Waals surface area contributed by atoms with Crippen LogP contribution in [-0.2, 0) is 9.59 Å². The number of amides is 2. The van der Waals surface area contributed by atoms with Gasteiger partial charge in [-0.25, -0.2) is 4.39 Å². The molecule has 0 bridgehead atoms. The number of halogens is 1. The number of carbonyl (C=O) groups excluding carboxylic acids is 2. The van der Waals surface area contributed by atoms with Gasteiger partial charge in [-0.3, -0.25) is 9.59 Å². The summed E-state index contributed by atoms with van der Waals surface area (Å²) < 4.78 is 18.8. The highest BCUT2D eigenvalue weighted by molar-refractivity contribution is 5.85. The van der Waals surface area contributed by atoms with E-state index in [1.807, 2.05) is 6.92 Å². The minimum Gasteiger partial charge on any atom is -0.478 e. The molecule has 1 heterocycles. The fourth-order valence-electron chi connectivity index (χ4n) is 2.82. The van der Waals surface area contributed by atoms with Crippen LogP contribution in [0.3, 0.4) is 0 Å². The molecule has 0 spiro atoms. The maximum absolute atomic E-state index is 13.0. The van der Waals surface area contributed by atoms with Gasteiger partial charge in [0.25, 0.3) is 5.91 Å². The Labute approximate surface area is 142 Å². The van der Waals surface area contributed by atoms with E-state index < -0.39 is 5.60 Å². The second kappa shape index (κ2) is 7.64. The molecule has 1 aliphatic heterocycles. The van der Waals surface area contributed by atoms with Crippen molar-refractivity contribution < 1.29 is 18.7 Å². The van der Waals surface area contributed by atoms with Crippen molar-refractivity contribution >= 4 is 11.8 Å². The number of nitrogens with zero attached hydrogens (tertiary/aromatic N) is 2. The first-order valence-electron chi connectivity index (χ1n) is 8.35. The Hall–Kier alpha value is -2.11. The first-order valence-corrected chi connectivity index (χ1v) is 8.35. The lowest BCUT2D eigenvalue weighted by molar-refractivity contribution is -0.145. The standard InChI is InChI=1S/C18H25FN2O3/c1-4-16(22)20-10-5-11-21(13-12-20)17(23)18(2,3)24-15-8-6-14(19)7-9-15/h6-9H,4-5,10-13H2,1-3H3. The molecule has 132 valence electrons. The van der Waals surface area contributed by atoms with Crippen molar-refractivity contribution in [2.75, 3.05) is 26.2 Å². The number of hydrogen-bond acceptors (Lipinski definition) is 3. The molecule has 6 heteroatoms. The molecule has 0 atom stereocenters. The summed E-state index contributed by atoms with van der Waals surface area (Å²) in [5.41, 5.74) is -1.05. The Morgan fingerprint density at radius 1 is 1.08 bits per heavy atom. The van der Waals surface area contributed by atoms with E-state index in [-0.39, 0.29) is 17.6 Å². The average Bonchev–Trinajstić information content (AvgIpc) is 2.81. The highest BCUT2D eigenvalue weighted by Crippen LogP contribution is 2.21. The molecular formula is C18H25FN2O3. The van der Waals surface area contributed by atoms with Gasteiger partial charge in [-0.15, -0.1) is 0 Å². The van der Waals surface area contributed by atoms with Gasteiger partial charge in [0.2, 0.25) is 5.91 Å². The molecule has 2 amide bonds. The molecule has 0 radical (unpaired) electrons. The average molecular weight is 336 g/mol. The maximum Gasteiger partial charge on any atom is 0.266 e. The summed E-state index contributed by atoms with van der Waals surface area (Å²) in [6.07, 6.45) is 1.23. The summed E-state index contributed by atoms with van der Waals surface area (Å²) in [6, 6.07) is 5.62. The van der Waals surface area contributed by atoms with Gasteiger partial charge in [-0.1, -0.05) is 6.92 Å². The Morgan fingerprint density at radius 2 is 1.67 bits per heavy atom. The molecule has 24 heavy (non-hydrogen) atoms. The lowest BCUT2D eigenvalue weighted by Crippen LogP contribution is -2.50. The Balaban J connectivity index is 2.01. The molecule has 1 fully saturated rings. The topological polar surface area (TPSA) is 49.9 Å². The van der Waals surface area contributed by atoms with E-state index in [9.17, 15) is 14.0 Å². The quantitative estimate of drug-likeness (QED) is 0.849. The lowest BCUT2D eigenvalue weighted by Gasteiger charge is -2.31. The van der Waals surface area contributed by atoms with Crippen molar-refractivity contribution in [2.45, 2.75) is 39.2 Å². The number of carbonyl (C=O) groups is 2. The fraction of sp³-hybridized carbons (Fsp3) is 0.556. The van der Waals surface area contributed by atoms with Crippen LogP contribution < -0.4 is 4.74 Å². The minimum atomic E-state index is -1.05. The van der Waals surface area contributed by atoms with Crippen molar-refractivity contribution in [2.24, 2.45) is 0 Å². The highest BCUT2D eigenvalue weighted by atomic mass is 19.1. The van der Waals surface area contributed by atoms with Gasteiger partial charge in [0.1, 0.15) is 11.6 Å². The molecule has 0 aromatic heterocycles. The summed E-state index contributed by atoms with van der Waals surface area (Å²) >= 11 is 0. The molecule has 1 aromatic rings. The van der Waals surface area contributed by atoms with Crippen LogP contribution in [0.1, 0.15) is 33.6 Å². The largest absolute Gasteiger partial charge is 0.478 e. The van der Waals surface area contributed by atoms with Crippen LogP contribution in [0.2, 0.25) is 0 Å². The molecule has 5 nitrogen and oxygen atoms in total. The van der Waals surface area contributed by atoms with E-state index in [1.165, 1.54) is 24.3 Å². The van der Waals surface area contributed by atoms with E-state index in [2.05, 4.69) is 0 Å². The third-order valence-corrected chi connectivity index (χ3v) is 4.14. The molecule has 1 aliphatic rings. The predicted octanol–water partition coefficient (Wildman–Crippen LogP) is 2.45. The molecule has 0 unspecified atom stereocenters. The van der Waals surface area contributed by atoms with Gasteiger partial charge in [-0.05, 0) is 44.5 Å². The summed E-state index contributed by atoms with van der Waals surface area (Å²) in [5.74, 6) is 0.0933. The maximum atomic E-state index is 13.0. The van der Waals surface area contributed by atoms with Crippen molar-refractivity contribution in [1.29, 1.82) is 0 Å². The molecular weight excluding hydrogens is 311 g/mol. The molecule has 2 rings (SSSR count). The molecule has 0 saturated carbocycles. The van der Waals surface area contributed by atoms with E-state index in [0.717, 1.165) is 6.42 Å². The summed E-state index contributed by atoms with van der Waals surface area (Å²) in [5, 5.41) is 0. The SMILES string of the molecule is CCC(=O)N1CCCN(C(=O)C(C)(C)Oc2ccc(F)cc2)CC1. The fourth-order valence-corrected chi connectivity index (χ4v) is 2.82. The monoisotopic (exact) mass is 336 g/mol. The minimum absolute atomic E-state index is 0.117. The Morgan fingerprint density at radius 3 is 2.29 bits per heavy atom. The van der Waals surface area contributed by atoms with Crippen molar-refractivity contribution in [3.05, 3.63) is 30.1 Å². The van der Waals surface area contributed by atoms with Gasteiger partial charge in [-0.2, -0.15) is 0 Å². The van der Waals surface area contributed by atoms with Gasteiger partial charge in [0.15, 0.2) is 5.60 Å². The number of rotatable bonds is 4. The van der Waals surface area contributed by atoms with E-state index in [4.69, 9.17) is 4.74 Å². The first kappa shape index (κ1) is 18.2. The van der Waals surface area contributed by atoms with E-state index in [1.54, 1.807) is 23.6 Å². The smallest absolute Gasteiger partial charge is 0.266 e. The predicted molar refractivity (Wildman–Crippen MR) is 89.2 cm³/mol. The first-order chi connectivity index (χ1) is 11.3. The van der Waals surface area contributed by atoms with Gasteiger partial charge in [0.05, 0.1) is 0 Å². The van der Waals surface area contributed by atoms with Crippen molar-refractivity contribution in [3.63, 3.8) is 0 Å². The Kier molecular flexibility index (Phi) is 5.80. The van der Waals surface area contributed by atoms with Crippen molar-refractivity contribution in [1.82, 2.24) is 9.80 Å². The highest BCUT2D eigenvalue weighted by Gasteiger charge is 2.35. The number of benzene rings is 1. The van der Waals surface area contributed by atoms with Crippen LogP contribution >= 0.6 is 0 Å². The van der Waals surface area contributed by atoms with Gasteiger partial charge in [0, 0.05) is 32.6 Å². The van der Waals surface area contributed by atoms with Crippen LogP contribution in [0, 0.1) is 5.82 Å². The second-order valence-corrected chi connectivity index (χ2v) is 6.45. The lowest BCUT2D eigenvalue weighted by atomic mass is 10.1. The molecule has 1 aromatic carbocycles. The van der Waals surface area contributed by atoms with Crippen LogP contribution in [0.25, 0.3) is 0 Å². The normalized spacial score (nSPS) is 15.8. The van der Waals surface area contributed by atoms with Crippen LogP contribution in [-0.4, -0.2) is 53.4 Å².